The lowest BCUT2D eigenvalue weighted by Gasteiger charge is -2.39. The standard InChI is InChI=1S/C20H18FN5O3/c21-16-4-2-15(3-5-16)17-6-7-19(26(28)29)18(23-17)10-20(27)24-11-14(12-24)13-25-9-1-8-22-25/h1-9,14H,10-13H2. The number of carbonyl (C=O) groups excluding carboxylic acids is 1. The second-order valence-corrected chi connectivity index (χ2v) is 7.00. The molecule has 0 radical (unpaired) electrons. The van der Waals surface area contributed by atoms with Gasteiger partial charge < -0.3 is 4.90 Å². The summed E-state index contributed by atoms with van der Waals surface area (Å²) in [6, 6.07) is 10.4. The van der Waals surface area contributed by atoms with Crippen LogP contribution in [0.1, 0.15) is 5.69 Å². The molecule has 2 aromatic heterocycles. The Bertz CT molecular complexity index is 1030. The number of rotatable bonds is 6. The van der Waals surface area contributed by atoms with E-state index in [1.54, 1.807) is 23.2 Å². The maximum Gasteiger partial charge on any atom is 0.291 e. The minimum Gasteiger partial charge on any atom is -0.342 e. The van der Waals surface area contributed by atoms with Gasteiger partial charge in [0.05, 0.1) is 17.0 Å². The van der Waals surface area contributed by atoms with Crippen molar-refractivity contribution in [3.63, 3.8) is 0 Å². The Hall–Kier alpha value is -3.62. The van der Waals surface area contributed by atoms with Crippen LogP contribution >= 0.6 is 0 Å². The zero-order chi connectivity index (χ0) is 20.4. The summed E-state index contributed by atoms with van der Waals surface area (Å²) in [6.45, 7) is 1.91. The second kappa shape index (κ2) is 7.78. The summed E-state index contributed by atoms with van der Waals surface area (Å²) in [5.41, 5.74) is 0.993. The largest absolute Gasteiger partial charge is 0.342 e. The average molecular weight is 395 g/mol. The lowest BCUT2D eigenvalue weighted by Crippen LogP contribution is -2.52. The highest BCUT2D eigenvalue weighted by molar-refractivity contribution is 5.80. The number of aromatic nitrogens is 3. The number of amides is 1. The Balaban J connectivity index is 1.46. The van der Waals surface area contributed by atoms with Crippen LogP contribution < -0.4 is 0 Å². The van der Waals surface area contributed by atoms with Gasteiger partial charge in [-0.25, -0.2) is 9.37 Å². The summed E-state index contributed by atoms with van der Waals surface area (Å²) < 4.78 is 15.0. The van der Waals surface area contributed by atoms with Gasteiger partial charge in [-0.2, -0.15) is 5.10 Å². The summed E-state index contributed by atoms with van der Waals surface area (Å²) >= 11 is 0. The first-order valence-electron chi connectivity index (χ1n) is 9.15. The van der Waals surface area contributed by atoms with E-state index in [4.69, 9.17) is 0 Å². The zero-order valence-corrected chi connectivity index (χ0v) is 15.4. The molecule has 1 saturated heterocycles. The van der Waals surface area contributed by atoms with E-state index >= 15 is 0 Å². The van der Waals surface area contributed by atoms with Gasteiger partial charge in [0.2, 0.25) is 5.91 Å². The molecule has 1 aromatic carbocycles. The third kappa shape index (κ3) is 4.13. The molecule has 0 saturated carbocycles. The molecule has 0 bridgehead atoms. The topological polar surface area (TPSA) is 94.2 Å². The summed E-state index contributed by atoms with van der Waals surface area (Å²) in [5.74, 6) is -0.269. The van der Waals surface area contributed by atoms with E-state index in [0.717, 1.165) is 6.54 Å². The van der Waals surface area contributed by atoms with Crippen molar-refractivity contribution in [3.05, 3.63) is 76.5 Å². The first-order valence-corrected chi connectivity index (χ1v) is 9.15. The molecule has 8 nitrogen and oxygen atoms in total. The molecular weight excluding hydrogens is 377 g/mol. The minimum atomic E-state index is -0.541. The van der Waals surface area contributed by atoms with Gasteiger partial charge in [0.25, 0.3) is 5.69 Å². The molecule has 148 valence electrons. The number of nitrogens with zero attached hydrogens (tertiary/aromatic N) is 5. The van der Waals surface area contributed by atoms with Crippen molar-refractivity contribution in [2.24, 2.45) is 5.92 Å². The van der Waals surface area contributed by atoms with E-state index in [2.05, 4.69) is 10.1 Å². The molecular formula is C20H18FN5O3. The smallest absolute Gasteiger partial charge is 0.291 e. The van der Waals surface area contributed by atoms with Crippen LogP contribution in [0.4, 0.5) is 10.1 Å². The van der Waals surface area contributed by atoms with Crippen LogP contribution in [0.15, 0.2) is 54.9 Å². The molecule has 3 heterocycles. The van der Waals surface area contributed by atoms with Crippen LogP contribution in [-0.4, -0.2) is 43.6 Å². The van der Waals surface area contributed by atoms with E-state index in [1.165, 1.54) is 24.3 Å². The molecule has 3 aromatic rings. The summed E-state index contributed by atoms with van der Waals surface area (Å²) in [7, 11) is 0. The highest BCUT2D eigenvalue weighted by Gasteiger charge is 2.32. The van der Waals surface area contributed by atoms with Crippen LogP contribution in [0.3, 0.4) is 0 Å². The molecule has 0 atom stereocenters. The van der Waals surface area contributed by atoms with E-state index in [-0.39, 0.29) is 29.5 Å². The van der Waals surface area contributed by atoms with Gasteiger partial charge in [-0.15, -0.1) is 0 Å². The highest BCUT2D eigenvalue weighted by atomic mass is 19.1. The van der Waals surface area contributed by atoms with Crippen molar-refractivity contribution in [3.8, 4) is 11.3 Å². The predicted molar refractivity (Wildman–Crippen MR) is 102 cm³/mol. The van der Waals surface area contributed by atoms with Crippen molar-refractivity contribution in [2.45, 2.75) is 13.0 Å². The fourth-order valence-corrected chi connectivity index (χ4v) is 3.39. The number of likely N-dealkylation sites (tertiary alicyclic amines) is 1. The van der Waals surface area contributed by atoms with E-state index in [0.29, 0.717) is 30.3 Å². The maximum atomic E-state index is 13.1. The van der Waals surface area contributed by atoms with Gasteiger partial charge in [-0.1, -0.05) is 0 Å². The number of hydrogen-bond donors (Lipinski definition) is 0. The first kappa shape index (κ1) is 18.7. The Labute approximate surface area is 165 Å². The number of carbonyl (C=O) groups is 1. The molecule has 1 fully saturated rings. The van der Waals surface area contributed by atoms with Gasteiger partial charge in [-0.05, 0) is 36.4 Å². The number of benzene rings is 1. The number of pyridine rings is 1. The summed E-state index contributed by atoms with van der Waals surface area (Å²) in [5, 5.41) is 15.5. The van der Waals surface area contributed by atoms with Crippen LogP contribution in [0.2, 0.25) is 0 Å². The lowest BCUT2D eigenvalue weighted by atomic mass is 9.99. The van der Waals surface area contributed by atoms with Crippen molar-refractivity contribution in [1.82, 2.24) is 19.7 Å². The summed E-state index contributed by atoms with van der Waals surface area (Å²) in [4.78, 5) is 29.4. The fourth-order valence-electron chi connectivity index (χ4n) is 3.39. The third-order valence-corrected chi connectivity index (χ3v) is 4.92. The van der Waals surface area contributed by atoms with E-state index in [9.17, 15) is 19.3 Å². The van der Waals surface area contributed by atoms with Crippen molar-refractivity contribution in [2.75, 3.05) is 13.1 Å². The molecule has 1 aliphatic rings. The van der Waals surface area contributed by atoms with Gasteiger partial charge in [-0.3, -0.25) is 19.6 Å². The van der Waals surface area contributed by atoms with Crippen LogP contribution in [0.5, 0.6) is 0 Å². The van der Waals surface area contributed by atoms with E-state index < -0.39 is 4.92 Å². The molecule has 0 unspecified atom stereocenters. The predicted octanol–water partition coefficient (Wildman–Crippen LogP) is 2.69. The molecule has 29 heavy (non-hydrogen) atoms. The SMILES string of the molecule is O=C(Cc1nc(-c2ccc(F)cc2)ccc1[N+](=O)[O-])N1CC(Cn2cccn2)C1. The van der Waals surface area contributed by atoms with E-state index in [1.807, 2.05) is 16.9 Å². The number of halogens is 1. The van der Waals surface area contributed by atoms with Gasteiger partial charge in [0.1, 0.15) is 11.5 Å². The molecule has 1 amide bonds. The molecule has 9 heteroatoms. The van der Waals surface area contributed by atoms with Crippen molar-refractivity contribution in [1.29, 1.82) is 0 Å². The summed E-state index contributed by atoms with van der Waals surface area (Å²) in [6.07, 6.45) is 3.43. The Kier molecular flexibility index (Phi) is 5.03. The average Bonchev–Trinajstić information content (AvgIpc) is 3.18. The normalized spacial score (nSPS) is 13.9. The first-order chi connectivity index (χ1) is 14.0. The molecule has 4 rings (SSSR count). The molecule has 0 spiro atoms. The van der Waals surface area contributed by atoms with Gasteiger partial charge in [0, 0.05) is 49.6 Å². The van der Waals surface area contributed by atoms with Gasteiger partial charge >= 0.3 is 0 Å². The molecule has 0 aliphatic carbocycles. The minimum absolute atomic E-state index is 0.109. The van der Waals surface area contributed by atoms with Crippen molar-refractivity contribution >= 4 is 11.6 Å². The maximum absolute atomic E-state index is 13.1. The second-order valence-electron chi connectivity index (χ2n) is 7.00. The highest BCUT2D eigenvalue weighted by Crippen LogP contribution is 2.25. The number of hydrogen-bond acceptors (Lipinski definition) is 5. The fraction of sp³-hybridized carbons (Fsp3) is 0.250. The number of nitro groups is 1. The Morgan fingerprint density at radius 2 is 1.97 bits per heavy atom. The molecule has 0 N–H and O–H groups in total. The Morgan fingerprint density at radius 1 is 1.21 bits per heavy atom. The third-order valence-electron chi connectivity index (χ3n) is 4.92. The van der Waals surface area contributed by atoms with Crippen LogP contribution in [0, 0.1) is 21.8 Å². The van der Waals surface area contributed by atoms with Crippen LogP contribution in [-0.2, 0) is 17.8 Å². The monoisotopic (exact) mass is 395 g/mol. The lowest BCUT2D eigenvalue weighted by molar-refractivity contribution is -0.385. The van der Waals surface area contributed by atoms with Crippen molar-refractivity contribution < 1.29 is 14.1 Å². The quantitative estimate of drug-likeness (QED) is 0.472. The zero-order valence-electron chi connectivity index (χ0n) is 15.4. The Morgan fingerprint density at radius 3 is 2.62 bits per heavy atom. The van der Waals surface area contributed by atoms with Crippen LogP contribution in [0.25, 0.3) is 11.3 Å². The molecule has 1 aliphatic heterocycles. The van der Waals surface area contributed by atoms with Gasteiger partial charge in [0.15, 0.2) is 0 Å².